The number of rotatable bonds is 10. The number of methoxy groups -OCH3 is 1. The average molecular weight is 810 g/mol. The highest BCUT2D eigenvalue weighted by atomic mass is 16.6. The Morgan fingerprint density at radius 1 is 0.828 bits per heavy atom. The van der Waals surface area contributed by atoms with Crippen molar-refractivity contribution >= 4 is 23.9 Å². The van der Waals surface area contributed by atoms with Crippen LogP contribution < -0.4 is 10.6 Å². The molecule has 1 heterocycles. The zero-order valence-corrected chi connectivity index (χ0v) is 38.3. The Labute approximate surface area is 350 Å². The molecule has 1 aliphatic heterocycles. The molecule has 6 rings (SSSR count). The monoisotopic (exact) mass is 810 g/mol. The predicted molar refractivity (Wildman–Crippen MR) is 226 cm³/mol. The second-order valence-electron chi connectivity index (χ2n) is 22.2. The van der Waals surface area contributed by atoms with Crippen molar-refractivity contribution in [2.45, 2.75) is 177 Å². The van der Waals surface area contributed by atoms with Crippen LogP contribution >= 0.6 is 0 Å². The Morgan fingerprint density at radius 3 is 2.16 bits per heavy atom. The van der Waals surface area contributed by atoms with Gasteiger partial charge in [-0.3, -0.25) is 14.4 Å². The maximum Gasteiger partial charge on any atom is 0.410 e. The van der Waals surface area contributed by atoms with Gasteiger partial charge in [0.05, 0.1) is 23.5 Å². The lowest BCUT2D eigenvalue weighted by Crippen LogP contribution is -2.67. The molecule has 0 bridgehead atoms. The van der Waals surface area contributed by atoms with E-state index in [-0.39, 0.29) is 63.6 Å². The number of amides is 3. The lowest BCUT2D eigenvalue weighted by molar-refractivity contribution is -0.248. The summed E-state index contributed by atoms with van der Waals surface area (Å²) in [4.78, 5) is 55.0. The summed E-state index contributed by atoms with van der Waals surface area (Å²) in [5.74, 6) is 1.42. The van der Waals surface area contributed by atoms with Crippen LogP contribution in [-0.4, -0.2) is 79.4 Å². The smallest absolute Gasteiger partial charge is 0.410 e. The Morgan fingerprint density at radius 2 is 1.52 bits per heavy atom. The molecule has 3 amide bonds. The number of nitrogens with one attached hydrogen (secondary N) is 2. The van der Waals surface area contributed by atoms with Crippen LogP contribution in [-0.2, 0) is 28.6 Å². The summed E-state index contributed by atoms with van der Waals surface area (Å²) in [5.41, 5.74) is 0.524. The number of carbonyl (C=O) groups is 4. The standard InChI is InChI=1S/C48H79N3O7/c1-29(2)32-18-23-48(41(54)50-27-26-49-40(53)30(3)39(56-13)34-15-14-28-51(34)42(55)58-43(5,6)7)25-24-46(11)33(38(32)48)16-17-36-45(10)21-20-37(57-31(4)52)44(8,9)35(45)19-22-47(36,46)12/h30,32-39H,1,14-28H2,2-13H3,(H,49,53)(H,50,54)/t30-,32+,33?,34?,35?,36?,37+,38-,39-,45+,46-,47-,48+/m1/s1. The molecule has 10 heteroatoms. The Hall–Kier alpha value is -2.62. The molecule has 0 spiro atoms. The number of fused-ring (bicyclic) bond motifs is 7. The van der Waals surface area contributed by atoms with Gasteiger partial charge in [-0.05, 0) is 151 Å². The van der Waals surface area contributed by atoms with Crippen LogP contribution in [0.5, 0.6) is 0 Å². The minimum absolute atomic E-state index is 0.0318. The van der Waals surface area contributed by atoms with Gasteiger partial charge in [0.1, 0.15) is 11.7 Å². The van der Waals surface area contributed by atoms with Gasteiger partial charge in [0.2, 0.25) is 11.8 Å². The fraction of sp³-hybridized carbons (Fsp3) is 0.875. The minimum atomic E-state index is -0.608. The Kier molecular flexibility index (Phi) is 12.4. The molecular weight excluding hydrogens is 731 g/mol. The van der Waals surface area contributed by atoms with Crippen molar-refractivity contribution < 1.29 is 33.4 Å². The SMILES string of the molecule is C=C(C)[C@@H]1CC[C@]2(C(=O)NCCNC(=O)[C@H](C)[C@@H](OC)C3CCCN3C(=O)OC(C)(C)C)CC[C@]3(C)C(CCC4[C@@]5(C)CC[C@H](OC(C)=O)C(C)(C)C5CC[C@]43C)[C@@H]12. The second kappa shape index (κ2) is 16.0. The summed E-state index contributed by atoms with van der Waals surface area (Å²) in [6.07, 6.45) is 11.2. The topological polar surface area (TPSA) is 123 Å². The van der Waals surface area contributed by atoms with Crippen LogP contribution in [0, 0.1) is 62.6 Å². The lowest BCUT2D eigenvalue weighted by atomic mass is 9.32. The van der Waals surface area contributed by atoms with Gasteiger partial charge in [-0.25, -0.2) is 4.79 Å². The van der Waals surface area contributed by atoms with Crippen molar-refractivity contribution in [3.8, 4) is 0 Å². The van der Waals surface area contributed by atoms with Crippen LogP contribution in [0.1, 0.15) is 153 Å². The normalized spacial score (nSPS) is 40.1. The van der Waals surface area contributed by atoms with Crippen molar-refractivity contribution in [3.63, 3.8) is 0 Å². The van der Waals surface area contributed by atoms with Crippen LogP contribution in [0.15, 0.2) is 12.2 Å². The summed E-state index contributed by atoms with van der Waals surface area (Å²) < 4.78 is 17.5. The molecule has 4 unspecified atom stereocenters. The van der Waals surface area contributed by atoms with Crippen LogP contribution in [0.4, 0.5) is 4.79 Å². The zero-order valence-electron chi connectivity index (χ0n) is 38.3. The molecule has 0 radical (unpaired) electrons. The fourth-order valence-corrected chi connectivity index (χ4v) is 15.1. The highest BCUT2D eigenvalue weighted by Gasteiger charge is 2.72. The first-order chi connectivity index (χ1) is 27.0. The number of hydrogen-bond acceptors (Lipinski definition) is 7. The maximum atomic E-state index is 14.7. The van der Waals surface area contributed by atoms with Crippen molar-refractivity contribution in [2.75, 3.05) is 26.7 Å². The highest BCUT2D eigenvalue weighted by molar-refractivity contribution is 5.84. The summed E-state index contributed by atoms with van der Waals surface area (Å²) in [6.45, 7) is 29.4. The van der Waals surface area contributed by atoms with E-state index in [0.29, 0.717) is 43.3 Å². The molecule has 10 nitrogen and oxygen atoms in total. The second-order valence-corrected chi connectivity index (χ2v) is 22.2. The molecule has 0 aromatic carbocycles. The molecule has 1 saturated heterocycles. The average Bonchev–Trinajstić information content (AvgIpc) is 3.78. The molecule has 5 saturated carbocycles. The summed E-state index contributed by atoms with van der Waals surface area (Å²) in [6, 6.07) is -0.249. The Bertz CT molecular complexity index is 1600. The van der Waals surface area contributed by atoms with Gasteiger partial charge in [0, 0.05) is 39.1 Å². The molecule has 2 N–H and O–H groups in total. The number of nitrogens with zero attached hydrogens (tertiary/aromatic N) is 1. The van der Waals surface area contributed by atoms with Gasteiger partial charge >= 0.3 is 12.1 Å². The Balaban J connectivity index is 1.13. The van der Waals surface area contributed by atoms with Crippen molar-refractivity contribution in [1.29, 1.82) is 0 Å². The number of hydrogen-bond donors (Lipinski definition) is 2. The third-order valence-electron chi connectivity index (χ3n) is 18.0. The molecule has 58 heavy (non-hydrogen) atoms. The molecule has 0 aromatic rings. The number of carbonyl (C=O) groups excluding carboxylic acids is 4. The summed E-state index contributed by atoms with van der Waals surface area (Å²) in [5, 5.41) is 6.40. The fourth-order valence-electron chi connectivity index (χ4n) is 15.1. The summed E-state index contributed by atoms with van der Waals surface area (Å²) in [7, 11) is 1.60. The third-order valence-corrected chi connectivity index (χ3v) is 18.0. The van der Waals surface area contributed by atoms with E-state index in [1.54, 1.807) is 18.9 Å². The van der Waals surface area contributed by atoms with Crippen LogP contribution in [0.3, 0.4) is 0 Å². The predicted octanol–water partition coefficient (Wildman–Crippen LogP) is 8.86. The lowest BCUT2D eigenvalue weighted by Gasteiger charge is -2.72. The first-order valence-electron chi connectivity index (χ1n) is 22.9. The van der Waals surface area contributed by atoms with Gasteiger partial charge in [0.25, 0.3) is 0 Å². The van der Waals surface area contributed by atoms with Gasteiger partial charge < -0.3 is 29.7 Å². The molecular formula is C48H79N3O7. The van der Waals surface area contributed by atoms with Gasteiger partial charge in [-0.1, -0.05) is 53.7 Å². The quantitative estimate of drug-likeness (QED) is 0.128. The van der Waals surface area contributed by atoms with E-state index < -0.39 is 23.0 Å². The largest absolute Gasteiger partial charge is 0.462 e. The molecule has 5 aliphatic carbocycles. The zero-order chi connectivity index (χ0) is 42.8. The number of ether oxygens (including phenoxy) is 3. The molecule has 0 aromatic heterocycles. The van der Waals surface area contributed by atoms with Crippen molar-refractivity contribution in [2.24, 2.45) is 62.6 Å². The van der Waals surface area contributed by atoms with E-state index in [1.165, 1.54) is 18.4 Å². The molecule has 6 aliphatic rings. The molecule has 13 atom stereocenters. The van der Waals surface area contributed by atoms with Gasteiger partial charge in [-0.2, -0.15) is 0 Å². The first kappa shape index (κ1) is 44.9. The van der Waals surface area contributed by atoms with Crippen LogP contribution in [0.25, 0.3) is 0 Å². The van der Waals surface area contributed by atoms with E-state index in [1.807, 2.05) is 27.7 Å². The maximum absolute atomic E-state index is 14.7. The number of allylic oxidation sites excluding steroid dienone is 1. The van der Waals surface area contributed by atoms with E-state index in [0.717, 1.165) is 64.2 Å². The first-order valence-corrected chi connectivity index (χ1v) is 22.9. The van der Waals surface area contributed by atoms with Gasteiger partial charge in [-0.15, -0.1) is 0 Å². The minimum Gasteiger partial charge on any atom is -0.462 e. The summed E-state index contributed by atoms with van der Waals surface area (Å²) >= 11 is 0. The number of likely N-dealkylation sites (tertiary alicyclic amines) is 1. The van der Waals surface area contributed by atoms with E-state index in [9.17, 15) is 19.2 Å². The molecule has 6 fully saturated rings. The molecule has 328 valence electrons. The van der Waals surface area contributed by atoms with Crippen molar-refractivity contribution in [1.82, 2.24) is 15.5 Å². The van der Waals surface area contributed by atoms with E-state index in [2.05, 4.69) is 58.8 Å². The highest BCUT2D eigenvalue weighted by Crippen LogP contribution is 2.77. The van der Waals surface area contributed by atoms with E-state index in [4.69, 9.17) is 14.2 Å². The number of esters is 1. The van der Waals surface area contributed by atoms with E-state index >= 15 is 0 Å². The van der Waals surface area contributed by atoms with Crippen LogP contribution in [0.2, 0.25) is 0 Å². The van der Waals surface area contributed by atoms with Crippen molar-refractivity contribution in [3.05, 3.63) is 12.2 Å². The third kappa shape index (κ3) is 7.43. The van der Waals surface area contributed by atoms with Gasteiger partial charge in [0.15, 0.2) is 0 Å².